The number of piperidine rings is 1. The lowest BCUT2D eigenvalue weighted by atomic mass is 9.98. The fourth-order valence-corrected chi connectivity index (χ4v) is 5.52. The van der Waals surface area contributed by atoms with Gasteiger partial charge in [0.2, 0.25) is 11.8 Å². The van der Waals surface area contributed by atoms with Crippen LogP contribution in [-0.4, -0.2) is 46.4 Å². The molecule has 0 saturated carbocycles. The highest BCUT2D eigenvalue weighted by Crippen LogP contribution is 2.34. The molecular formula is C23H23N3O2S. The summed E-state index contributed by atoms with van der Waals surface area (Å²) in [6.45, 7) is 2.14. The molecule has 148 valence electrons. The van der Waals surface area contributed by atoms with E-state index in [0.29, 0.717) is 12.6 Å². The topological polar surface area (TPSA) is 53.5 Å². The molecule has 0 bridgehead atoms. The van der Waals surface area contributed by atoms with E-state index in [2.05, 4.69) is 17.0 Å². The van der Waals surface area contributed by atoms with E-state index in [-0.39, 0.29) is 24.2 Å². The Balaban J connectivity index is 1.29. The Bertz CT molecular complexity index is 1020. The quantitative estimate of drug-likeness (QED) is 0.616. The number of hydrogen-bond acceptors (Lipinski definition) is 5. The number of imide groups is 1. The highest BCUT2D eigenvalue weighted by Gasteiger charge is 2.40. The van der Waals surface area contributed by atoms with Gasteiger partial charge in [0.05, 0.1) is 27.8 Å². The van der Waals surface area contributed by atoms with Crippen molar-refractivity contribution in [2.45, 2.75) is 31.1 Å². The molecule has 29 heavy (non-hydrogen) atoms. The number of para-hydroxylation sites is 1. The number of likely N-dealkylation sites (tertiary alicyclic amines) is 2. The predicted molar refractivity (Wildman–Crippen MR) is 114 cm³/mol. The molecule has 3 heterocycles. The third-order valence-electron chi connectivity index (χ3n) is 5.95. The lowest BCUT2D eigenvalue weighted by molar-refractivity contribution is -0.141. The Morgan fingerprint density at radius 2 is 1.83 bits per heavy atom. The number of hydrogen-bond donors (Lipinski definition) is 0. The summed E-state index contributed by atoms with van der Waals surface area (Å²) in [5.41, 5.74) is 1.99. The first kappa shape index (κ1) is 18.5. The maximum absolute atomic E-state index is 12.9. The van der Waals surface area contributed by atoms with Crippen molar-refractivity contribution < 1.29 is 9.59 Å². The molecule has 2 fully saturated rings. The van der Waals surface area contributed by atoms with Gasteiger partial charge in [0.1, 0.15) is 0 Å². The van der Waals surface area contributed by atoms with Crippen LogP contribution < -0.4 is 0 Å². The van der Waals surface area contributed by atoms with Gasteiger partial charge in [0.25, 0.3) is 0 Å². The SMILES string of the molecule is O=C1C[C@@H](c2ccccc2)C(=O)N1CN1CCC[C@H](c2nc3ccccc3s2)C1. The number of amides is 2. The highest BCUT2D eigenvalue weighted by atomic mass is 32.1. The van der Waals surface area contributed by atoms with Crippen molar-refractivity contribution in [1.29, 1.82) is 0 Å². The van der Waals surface area contributed by atoms with Crippen LogP contribution in [0.15, 0.2) is 54.6 Å². The number of rotatable bonds is 4. The number of carbonyl (C=O) groups excluding carboxylic acids is 2. The normalized spacial score (nSPS) is 23.2. The Hall–Kier alpha value is -2.57. The molecule has 0 aliphatic carbocycles. The number of fused-ring (bicyclic) bond motifs is 1. The van der Waals surface area contributed by atoms with E-state index in [1.54, 1.807) is 11.3 Å². The van der Waals surface area contributed by atoms with E-state index in [0.717, 1.165) is 42.0 Å². The average molecular weight is 406 g/mol. The van der Waals surface area contributed by atoms with E-state index in [1.165, 1.54) is 9.60 Å². The maximum atomic E-state index is 12.9. The highest BCUT2D eigenvalue weighted by molar-refractivity contribution is 7.18. The van der Waals surface area contributed by atoms with Crippen LogP contribution in [0.5, 0.6) is 0 Å². The Morgan fingerprint density at radius 1 is 1.03 bits per heavy atom. The van der Waals surface area contributed by atoms with Crippen LogP contribution in [0.1, 0.15) is 41.7 Å². The Kier molecular flexibility index (Phi) is 4.89. The zero-order valence-electron chi connectivity index (χ0n) is 16.2. The molecule has 0 spiro atoms. The number of benzene rings is 2. The second-order valence-corrected chi connectivity index (χ2v) is 8.97. The van der Waals surface area contributed by atoms with Crippen LogP contribution in [0.3, 0.4) is 0 Å². The summed E-state index contributed by atoms with van der Waals surface area (Å²) < 4.78 is 1.22. The van der Waals surface area contributed by atoms with Crippen LogP contribution in [0.2, 0.25) is 0 Å². The van der Waals surface area contributed by atoms with Gasteiger partial charge in [-0.15, -0.1) is 11.3 Å². The molecule has 2 atom stereocenters. The van der Waals surface area contributed by atoms with Gasteiger partial charge in [-0.1, -0.05) is 42.5 Å². The number of nitrogens with zero attached hydrogens (tertiary/aromatic N) is 3. The van der Waals surface area contributed by atoms with E-state index in [9.17, 15) is 9.59 Å². The van der Waals surface area contributed by atoms with Crippen molar-refractivity contribution in [3.05, 3.63) is 65.2 Å². The van der Waals surface area contributed by atoms with Crippen LogP contribution in [0, 0.1) is 0 Å². The molecule has 5 rings (SSSR count). The largest absolute Gasteiger partial charge is 0.285 e. The van der Waals surface area contributed by atoms with Gasteiger partial charge in [-0.25, -0.2) is 4.98 Å². The minimum absolute atomic E-state index is 0.0639. The molecule has 2 aliphatic heterocycles. The van der Waals surface area contributed by atoms with Gasteiger partial charge >= 0.3 is 0 Å². The fourth-order valence-electron chi connectivity index (χ4n) is 4.43. The van der Waals surface area contributed by atoms with Gasteiger partial charge in [-0.2, -0.15) is 0 Å². The van der Waals surface area contributed by atoms with Crippen LogP contribution >= 0.6 is 11.3 Å². The fraction of sp³-hybridized carbons (Fsp3) is 0.348. The van der Waals surface area contributed by atoms with Crippen molar-refractivity contribution in [1.82, 2.24) is 14.8 Å². The van der Waals surface area contributed by atoms with Gasteiger partial charge < -0.3 is 0 Å². The van der Waals surface area contributed by atoms with E-state index < -0.39 is 0 Å². The molecule has 2 saturated heterocycles. The van der Waals surface area contributed by atoms with Crippen molar-refractivity contribution in [2.75, 3.05) is 19.8 Å². The molecule has 0 radical (unpaired) electrons. The Morgan fingerprint density at radius 3 is 2.66 bits per heavy atom. The van der Waals surface area contributed by atoms with E-state index >= 15 is 0 Å². The molecule has 0 unspecified atom stereocenters. The molecule has 3 aromatic rings. The first-order valence-electron chi connectivity index (χ1n) is 10.2. The molecule has 2 aromatic carbocycles. The van der Waals surface area contributed by atoms with E-state index in [1.807, 2.05) is 42.5 Å². The molecule has 2 amide bonds. The standard InChI is InChI=1S/C23H23N3O2S/c27-21-13-18(16-7-2-1-3-8-16)23(28)26(21)15-25-12-6-9-17(14-25)22-24-19-10-4-5-11-20(19)29-22/h1-5,7-8,10-11,17-18H,6,9,12-15H2/t17-,18-/m0/s1. The van der Waals surface area contributed by atoms with Crippen molar-refractivity contribution >= 4 is 33.4 Å². The van der Waals surface area contributed by atoms with Crippen molar-refractivity contribution in [2.24, 2.45) is 0 Å². The first-order valence-corrected chi connectivity index (χ1v) is 11.0. The molecule has 0 N–H and O–H groups in total. The summed E-state index contributed by atoms with van der Waals surface area (Å²) in [5, 5.41) is 1.16. The molecular weight excluding hydrogens is 382 g/mol. The first-order chi connectivity index (χ1) is 14.2. The smallest absolute Gasteiger partial charge is 0.238 e. The second kappa shape index (κ2) is 7.69. The predicted octanol–water partition coefficient (Wildman–Crippen LogP) is 3.98. The number of aromatic nitrogens is 1. The summed E-state index contributed by atoms with van der Waals surface area (Å²) >= 11 is 1.76. The zero-order chi connectivity index (χ0) is 19.8. The molecule has 6 heteroatoms. The van der Waals surface area contributed by atoms with Crippen LogP contribution in [0.4, 0.5) is 0 Å². The van der Waals surface area contributed by atoms with Gasteiger partial charge in [-0.05, 0) is 37.1 Å². The molecule has 1 aromatic heterocycles. The van der Waals surface area contributed by atoms with Crippen LogP contribution in [-0.2, 0) is 9.59 Å². The van der Waals surface area contributed by atoms with Gasteiger partial charge in [0.15, 0.2) is 0 Å². The number of thiazole rings is 1. The summed E-state index contributed by atoms with van der Waals surface area (Å²) in [6, 6.07) is 17.9. The third kappa shape index (κ3) is 3.58. The monoisotopic (exact) mass is 405 g/mol. The molecule has 2 aliphatic rings. The van der Waals surface area contributed by atoms with Crippen molar-refractivity contribution in [3.63, 3.8) is 0 Å². The third-order valence-corrected chi connectivity index (χ3v) is 7.15. The van der Waals surface area contributed by atoms with Crippen LogP contribution in [0.25, 0.3) is 10.2 Å². The van der Waals surface area contributed by atoms with Gasteiger partial charge in [0, 0.05) is 18.9 Å². The summed E-state index contributed by atoms with van der Waals surface area (Å²) in [7, 11) is 0. The molecule has 5 nitrogen and oxygen atoms in total. The van der Waals surface area contributed by atoms with E-state index in [4.69, 9.17) is 4.98 Å². The summed E-state index contributed by atoms with van der Waals surface area (Å²) in [6.07, 6.45) is 2.43. The van der Waals surface area contributed by atoms with Crippen molar-refractivity contribution in [3.8, 4) is 0 Å². The lowest BCUT2D eigenvalue weighted by Crippen LogP contribution is -2.45. The zero-order valence-corrected chi connectivity index (χ0v) is 17.0. The second-order valence-electron chi connectivity index (χ2n) is 7.90. The summed E-state index contributed by atoms with van der Waals surface area (Å²) in [5.74, 6) is -0.110. The summed E-state index contributed by atoms with van der Waals surface area (Å²) in [4.78, 5) is 34.0. The van der Waals surface area contributed by atoms with Gasteiger partial charge in [-0.3, -0.25) is 19.4 Å². The minimum atomic E-state index is -0.339. The maximum Gasteiger partial charge on any atom is 0.238 e. The average Bonchev–Trinajstić information content (AvgIpc) is 3.31. The number of carbonyl (C=O) groups is 2. The minimum Gasteiger partial charge on any atom is -0.285 e. The lowest BCUT2D eigenvalue weighted by Gasteiger charge is -2.33. The Labute approximate surface area is 174 Å².